The maximum Gasteiger partial charge on any atom is 0.263 e. The Hall–Kier alpha value is -2.23. The summed E-state index contributed by atoms with van der Waals surface area (Å²) in [4.78, 5) is 28.0. The van der Waals surface area contributed by atoms with Crippen molar-refractivity contribution in [3.05, 3.63) is 46.7 Å². The summed E-state index contributed by atoms with van der Waals surface area (Å²) in [7, 11) is -3.60. The molecular formula is C21H27N3O4S2. The number of hydrogen-bond acceptors (Lipinski definition) is 5. The summed E-state index contributed by atoms with van der Waals surface area (Å²) in [6.45, 7) is 5.34. The van der Waals surface area contributed by atoms with E-state index in [4.69, 9.17) is 0 Å². The molecule has 1 atom stereocenters. The van der Waals surface area contributed by atoms with Crippen LogP contribution in [0.25, 0.3) is 0 Å². The van der Waals surface area contributed by atoms with Gasteiger partial charge in [0.25, 0.3) is 5.91 Å². The van der Waals surface area contributed by atoms with E-state index in [1.165, 1.54) is 27.8 Å². The van der Waals surface area contributed by atoms with Crippen LogP contribution in [-0.2, 0) is 14.8 Å². The van der Waals surface area contributed by atoms with Gasteiger partial charge in [-0.05, 0) is 42.5 Å². The van der Waals surface area contributed by atoms with Gasteiger partial charge in [0, 0.05) is 31.9 Å². The number of piperidine rings is 1. The van der Waals surface area contributed by atoms with Crippen LogP contribution in [0.5, 0.6) is 0 Å². The fourth-order valence-corrected chi connectivity index (χ4v) is 5.82. The monoisotopic (exact) mass is 449 g/mol. The predicted octanol–water partition coefficient (Wildman–Crippen LogP) is 3.27. The van der Waals surface area contributed by atoms with E-state index in [-0.39, 0.29) is 22.6 Å². The first-order valence-electron chi connectivity index (χ1n) is 10.1. The fraction of sp³-hybridized carbons (Fsp3) is 0.429. The normalized spacial score (nSPS) is 17.2. The molecule has 1 aliphatic heterocycles. The number of nitrogens with one attached hydrogen (secondary N) is 1. The maximum atomic E-state index is 12.8. The Bertz CT molecular complexity index is 985. The van der Waals surface area contributed by atoms with Gasteiger partial charge in [-0.15, -0.1) is 11.3 Å². The number of anilines is 1. The molecule has 7 nitrogen and oxygen atoms in total. The second kappa shape index (κ2) is 9.72. The van der Waals surface area contributed by atoms with Gasteiger partial charge < -0.3 is 10.2 Å². The third-order valence-corrected chi connectivity index (χ3v) is 8.16. The van der Waals surface area contributed by atoms with Crippen LogP contribution < -0.4 is 5.32 Å². The van der Waals surface area contributed by atoms with Gasteiger partial charge in [0.1, 0.15) is 0 Å². The van der Waals surface area contributed by atoms with Gasteiger partial charge in [-0.3, -0.25) is 9.59 Å². The number of amides is 2. The molecule has 2 amide bonds. The molecule has 9 heteroatoms. The summed E-state index contributed by atoms with van der Waals surface area (Å²) in [6.07, 6.45) is 1.45. The summed E-state index contributed by atoms with van der Waals surface area (Å²) in [6, 6.07) is 9.95. The van der Waals surface area contributed by atoms with Gasteiger partial charge in [0.2, 0.25) is 15.9 Å². The Morgan fingerprint density at radius 2 is 1.97 bits per heavy atom. The quantitative estimate of drug-likeness (QED) is 0.703. The molecule has 2 heterocycles. The van der Waals surface area contributed by atoms with Crippen molar-refractivity contribution in [1.29, 1.82) is 0 Å². The Labute approximate surface area is 181 Å². The Morgan fingerprint density at radius 1 is 1.20 bits per heavy atom. The average molecular weight is 450 g/mol. The number of thiophene rings is 1. The number of sulfonamides is 1. The highest BCUT2D eigenvalue weighted by Gasteiger charge is 2.29. The Balaban J connectivity index is 1.69. The number of likely N-dealkylation sites (tertiary alicyclic amines) is 1. The first-order valence-corrected chi connectivity index (χ1v) is 12.4. The van der Waals surface area contributed by atoms with E-state index in [9.17, 15) is 18.0 Å². The molecule has 1 aromatic heterocycles. The highest BCUT2D eigenvalue weighted by atomic mass is 32.2. The first-order chi connectivity index (χ1) is 14.4. The topological polar surface area (TPSA) is 86.8 Å². The summed E-state index contributed by atoms with van der Waals surface area (Å²) in [5, 5.41) is 4.70. The summed E-state index contributed by atoms with van der Waals surface area (Å²) in [5.74, 6) is -0.573. The molecule has 2 aromatic rings. The third-order valence-electron chi connectivity index (χ3n) is 5.26. The van der Waals surface area contributed by atoms with Crippen molar-refractivity contribution < 1.29 is 18.0 Å². The molecule has 0 saturated carbocycles. The summed E-state index contributed by atoms with van der Waals surface area (Å²) in [5.41, 5.74) is 0.440. The Kier molecular flexibility index (Phi) is 7.27. The Morgan fingerprint density at radius 3 is 2.63 bits per heavy atom. The van der Waals surface area contributed by atoms with Gasteiger partial charge in [-0.25, -0.2) is 8.42 Å². The van der Waals surface area contributed by atoms with Crippen LogP contribution in [0.3, 0.4) is 0 Å². The van der Waals surface area contributed by atoms with Gasteiger partial charge in [-0.2, -0.15) is 4.31 Å². The molecule has 0 bridgehead atoms. The van der Waals surface area contributed by atoms with Gasteiger partial charge >= 0.3 is 0 Å². The number of hydrogen-bond donors (Lipinski definition) is 1. The predicted molar refractivity (Wildman–Crippen MR) is 118 cm³/mol. The molecule has 1 aliphatic rings. The largest absolute Gasteiger partial charge is 0.337 e. The lowest BCUT2D eigenvalue weighted by molar-refractivity contribution is -0.121. The van der Waals surface area contributed by atoms with E-state index in [0.717, 1.165) is 6.42 Å². The molecule has 30 heavy (non-hydrogen) atoms. The summed E-state index contributed by atoms with van der Waals surface area (Å²) < 4.78 is 26.8. The minimum Gasteiger partial charge on any atom is -0.337 e. The van der Waals surface area contributed by atoms with Crippen LogP contribution >= 0.6 is 11.3 Å². The van der Waals surface area contributed by atoms with Gasteiger partial charge in [-0.1, -0.05) is 26.0 Å². The van der Waals surface area contributed by atoms with Crippen molar-refractivity contribution in [2.75, 3.05) is 31.5 Å². The van der Waals surface area contributed by atoms with E-state index in [2.05, 4.69) is 5.32 Å². The number of carbonyl (C=O) groups is 2. The number of benzene rings is 1. The molecule has 0 aliphatic carbocycles. The van der Waals surface area contributed by atoms with Crippen LogP contribution in [0, 0.1) is 5.92 Å². The van der Waals surface area contributed by atoms with Gasteiger partial charge in [0.15, 0.2) is 0 Å². The lowest BCUT2D eigenvalue weighted by atomic mass is 9.97. The van der Waals surface area contributed by atoms with Crippen molar-refractivity contribution in [3.63, 3.8) is 0 Å². The third kappa shape index (κ3) is 4.91. The summed E-state index contributed by atoms with van der Waals surface area (Å²) >= 11 is 1.39. The van der Waals surface area contributed by atoms with E-state index >= 15 is 0 Å². The zero-order valence-corrected chi connectivity index (χ0v) is 18.8. The smallest absolute Gasteiger partial charge is 0.263 e. The first kappa shape index (κ1) is 22.5. The van der Waals surface area contributed by atoms with Gasteiger partial charge in [0.05, 0.1) is 15.7 Å². The van der Waals surface area contributed by atoms with E-state index in [0.29, 0.717) is 43.2 Å². The van der Waals surface area contributed by atoms with Crippen LogP contribution in [0.15, 0.2) is 46.7 Å². The van der Waals surface area contributed by atoms with Crippen molar-refractivity contribution >= 4 is 38.9 Å². The van der Waals surface area contributed by atoms with Crippen LogP contribution in [0.4, 0.5) is 5.69 Å². The molecule has 3 rings (SSSR count). The highest BCUT2D eigenvalue weighted by Crippen LogP contribution is 2.24. The lowest BCUT2D eigenvalue weighted by Gasteiger charge is -2.31. The van der Waals surface area contributed by atoms with Crippen LogP contribution in [0.2, 0.25) is 0 Å². The van der Waals surface area contributed by atoms with Crippen LogP contribution in [-0.4, -0.2) is 55.6 Å². The molecule has 1 saturated heterocycles. The highest BCUT2D eigenvalue weighted by molar-refractivity contribution is 7.89. The van der Waals surface area contributed by atoms with Crippen molar-refractivity contribution in [3.8, 4) is 0 Å². The zero-order valence-electron chi connectivity index (χ0n) is 17.2. The second-order valence-corrected chi connectivity index (χ2v) is 10.1. The second-order valence-electron chi connectivity index (χ2n) is 7.17. The van der Waals surface area contributed by atoms with E-state index < -0.39 is 10.0 Å². The molecule has 1 aromatic carbocycles. The minimum atomic E-state index is -3.60. The molecule has 162 valence electrons. The van der Waals surface area contributed by atoms with Crippen molar-refractivity contribution in [2.24, 2.45) is 5.92 Å². The number of nitrogens with zero attached hydrogens (tertiary/aromatic N) is 2. The average Bonchev–Trinajstić information content (AvgIpc) is 3.29. The van der Waals surface area contributed by atoms with Crippen LogP contribution in [0.1, 0.15) is 36.4 Å². The number of carbonyl (C=O) groups excluding carboxylic acids is 2. The lowest BCUT2D eigenvalue weighted by Crippen LogP contribution is -2.43. The fourth-order valence-electron chi connectivity index (χ4n) is 3.62. The standard InChI is InChI=1S/C21H27N3O4S2/c1-3-24(4-2)30(27,28)18-10-5-9-17(14-18)22-20(25)16-8-6-12-23(15-16)21(26)19-11-7-13-29-19/h5,7,9-11,13-14,16H,3-4,6,8,12,15H2,1-2H3,(H,22,25). The SMILES string of the molecule is CCN(CC)S(=O)(=O)c1cccc(NC(=O)C2CCCN(C(=O)c3cccs3)C2)c1. The molecule has 1 fully saturated rings. The van der Waals surface area contributed by atoms with Crippen molar-refractivity contribution in [2.45, 2.75) is 31.6 Å². The maximum absolute atomic E-state index is 12.8. The molecular weight excluding hydrogens is 422 g/mol. The van der Waals surface area contributed by atoms with E-state index in [1.807, 2.05) is 11.4 Å². The molecule has 1 N–H and O–H groups in total. The minimum absolute atomic E-state index is 0.0465. The molecule has 1 unspecified atom stereocenters. The zero-order chi connectivity index (χ0) is 21.7. The van der Waals surface area contributed by atoms with E-state index in [1.54, 1.807) is 36.9 Å². The number of rotatable bonds is 7. The molecule has 0 spiro atoms. The van der Waals surface area contributed by atoms with Crippen molar-refractivity contribution in [1.82, 2.24) is 9.21 Å². The molecule has 0 radical (unpaired) electrons.